The molecule has 14 nitrogen and oxygen atoms in total. The van der Waals surface area contributed by atoms with Crippen molar-refractivity contribution in [2.24, 2.45) is 17.8 Å². The minimum Gasteiger partial charge on any atom is -0.459 e. The average Bonchev–Trinajstić information content (AvgIpc) is 3.88. The van der Waals surface area contributed by atoms with Crippen LogP contribution in [0.15, 0.2) is 0 Å². The molecule has 18 atom stereocenters. The Morgan fingerprint density at radius 2 is 1.62 bits per heavy atom. The Kier molecular flexibility index (Phi) is 14.0. The molecule has 0 aromatic heterocycles. The fraction of sp³-hybridized carbons (Fsp3) is 0.974. The zero-order chi connectivity index (χ0) is 39.1. The van der Waals surface area contributed by atoms with Crippen molar-refractivity contribution in [2.45, 2.75) is 185 Å². The number of aliphatic hydroxyl groups excluding tert-OH is 2. The molecule has 4 rings (SSSR count). The number of aliphatic hydroxyl groups is 4. The monoisotopic (exact) mass is 746 g/mol. The predicted molar refractivity (Wildman–Crippen MR) is 192 cm³/mol. The third-order valence-corrected chi connectivity index (χ3v) is 12.6. The Labute approximate surface area is 311 Å². The highest BCUT2D eigenvalue weighted by atomic mass is 16.7. The fourth-order valence-corrected chi connectivity index (χ4v) is 9.03. The van der Waals surface area contributed by atoms with Gasteiger partial charge in [0.15, 0.2) is 12.6 Å². The van der Waals surface area contributed by atoms with E-state index in [2.05, 4.69) is 5.32 Å². The van der Waals surface area contributed by atoms with Crippen LogP contribution in [-0.4, -0.2) is 155 Å². The molecule has 5 N–H and O–H groups in total. The molecule has 52 heavy (non-hydrogen) atoms. The van der Waals surface area contributed by atoms with Gasteiger partial charge < -0.3 is 63.8 Å². The Bertz CT molecular complexity index is 1180. The van der Waals surface area contributed by atoms with Gasteiger partial charge >= 0.3 is 5.97 Å². The van der Waals surface area contributed by atoms with Crippen molar-refractivity contribution >= 4 is 5.97 Å². The molecule has 17 unspecified atom stereocenters. The summed E-state index contributed by atoms with van der Waals surface area (Å²) in [6.45, 7) is 18.9. The molecule has 0 bridgehead atoms. The van der Waals surface area contributed by atoms with Crippen LogP contribution in [0.25, 0.3) is 0 Å². The Hall–Kier alpha value is -1.01. The number of hydrogen-bond acceptors (Lipinski definition) is 14. The van der Waals surface area contributed by atoms with Gasteiger partial charge in [0.25, 0.3) is 0 Å². The van der Waals surface area contributed by atoms with E-state index in [0.717, 1.165) is 0 Å². The van der Waals surface area contributed by atoms with Gasteiger partial charge in [-0.1, -0.05) is 20.8 Å². The van der Waals surface area contributed by atoms with Crippen molar-refractivity contribution in [3.05, 3.63) is 0 Å². The van der Waals surface area contributed by atoms with E-state index < -0.39 is 95.5 Å². The third kappa shape index (κ3) is 8.84. The van der Waals surface area contributed by atoms with Gasteiger partial charge in [-0.2, -0.15) is 0 Å². The number of carbonyl (C=O) groups is 1. The van der Waals surface area contributed by atoms with Crippen LogP contribution >= 0.6 is 0 Å². The van der Waals surface area contributed by atoms with Crippen LogP contribution in [0.1, 0.15) is 94.9 Å². The van der Waals surface area contributed by atoms with E-state index in [4.69, 9.17) is 33.2 Å². The van der Waals surface area contributed by atoms with Crippen LogP contribution in [0, 0.1) is 17.8 Å². The van der Waals surface area contributed by atoms with Crippen LogP contribution < -0.4 is 5.32 Å². The molecular formula is C38H70N2O12. The molecule has 4 saturated heterocycles. The summed E-state index contributed by atoms with van der Waals surface area (Å²) in [6.07, 6.45) is -6.51. The van der Waals surface area contributed by atoms with E-state index in [-0.39, 0.29) is 30.9 Å². The lowest BCUT2D eigenvalue weighted by molar-refractivity contribution is -0.315. The number of epoxide rings is 1. The number of nitrogens with zero attached hydrogens (tertiary/aromatic N) is 1. The van der Waals surface area contributed by atoms with E-state index in [9.17, 15) is 25.2 Å². The maximum atomic E-state index is 14.2. The molecule has 0 aromatic carbocycles. The van der Waals surface area contributed by atoms with Crippen molar-refractivity contribution in [1.82, 2.24) is 10.2 Å². The van der Waals surface area contributed by atoms with E-state index in [1.54, 1.807) is 34.8 Å². The van der Waals surface area contributed by atoms with Gasteiger partial charge in [0, 0.05) is 31.5 Å². The standard InChI is InChI=1S/C38H70N2O12/c1-14-27-37(10,45)31(42)24(6)39-18-20(2)16-35(8,44)32(52-34-29(41)26(40(11)12)15-21(3)48-34)22(4)30(23(5)33(43)50-27)51-28-17-36(9,46-13)38(19-47-38)25(7)49-28/h20-32,34,39,41-42,44-45H,14-19H2,1-13H3/t20?,21?,22?,23?,24?,25?,26?,27-,28?,29?,30?,31?,32?,34?,35?,36?,37?,38?/m1/s1. The molecule has 0 aromatic rings. The van der Waals surface area contributed by atoms with E-state index in [0.29, 0.717) is 26.0 Å². The molecule has 0 amide bonds. The molecule has 4 aliphatic rings. The molecule has 0 saturated carbocycles. The summed E-state index contributed by atoms with van der Waals surface area (Å²) < 4.78 is 44.1. The smallest absolute Gasteiger partial charge is 0.311 e. The Morgan fingerprint density at radius 1 is 0.981 bits per heavy atom. The summed E-state index contributed by atoms with van der Waals surface area (Å²) >= 11 is 0. The fourth-order valence-electron chi connectivity index (χ4n) is 9.03. The lowest BCUT2D eigenvalue weighted by atomic mass is 9.77. The lowest BCUT2D eigenvalue weighted by Crippen LogP contribution is -2.61. The van der Waals surface area contributed by atoms with Gasteiger partial charge in [-0.15, -0.1) is 0 Å². The summed E-state index contributed by atoms with van der Waals surface area (Å²) in [5.41, 5.74) is -4.68. The third-order valence-electron chi connectivity index (χ3n) is 12.6. The van der Waals surface area contributed by atoms with Gasteiger partial charge in [-0.25, -0.2) is 0 Å². The van der Waals surface area contributed by atoms with E-state index in [1.165, 1.54) is 6.92 Å². The molecule has 1 spiro atoms. The van der Waals surface area contributed by atoms with E-state index >= 15 is 0 Å². The van der Waals surface area contributed by atoms with Gasteiger partial charge in [0.2, 0.25) is 0 Å². The number of hydrogen-bond donors (Lipinski definition) is 5. The second-order valence-corrected chi connectivity index (χ2v) is 17.3. The summed E-state index contributed by atoms with van der Waals surface area (Å²) in [5, 5.41) is 50.2. The minimum atomic E-state index is -1.78. The zero-order valence-corrected chi connectivity index (χ0v) is 33.8. The minimum absolute atomic E-state index is 0.139. The average molecular weight is 747 g/mol. The normalized spacial score (nSPS) is 51.5. The van der Waals surface area contributed by atoms with Crippen LogP contribution in [0.3, 0.4) is 0 Å². The molecule has 0 aliphatic carbocycles. The molecule has 0 radical (unpaired) electrons. The Morgan fingerprint density at radius 3 is 2.17 bits per heavy atom. The van der Waals surface area contributed by atoms with Gasteiger partial charge in [-0.05, 0) is 94.3 Å². The number of cyclic esters (lactones) is 1. The second kappa shape index (κ2) is 16.6. The number of ether oxygens (including phenoxy) is 7. The van der Waals surface area contributed by atoms with Crippen molar-refractivity contribution in [3.63, 3.8) is 0 Å². The largest absolute Gasteiger partial charge is 0.459 e. The molecule has 4 aliphatic heterocycles. The van der Waals surface area contributed by atoms with E-state index in [1.807, 2.05) is 53.6 Å². The topological polar surface area (TPSA) is 181 Å². The van der Waals surface area contributed by atoms with Gasteiger partial charge in [-0.3, -0.25) is 4.79 Å². The predicted octanol–water partition coefficient (Wildman–Crippen LogP) is 1.97. The number of carbonyl (C=O) groups excluding carboxylic acids is 1. The molecular weight excluding hydrogens is 676 g/mol. The van der Waals surface area contributed by atoms with Crippen molar-refractivity contribution in [1.29, 1.82) is 0 Å². The molecule has 4 fully saturated rings. The van der Waals surface area contributed by atoms with Crippen LogP contribution in [0.5, 0.6) is 0 Å². The first-order valence-corrected chi connectivity index (χ1v) is 19.3. The highest BCUT2D eigenvalue weighted by Gasteiger charge is 2.67. The maximum Gasteiger partial charge on any atom is 0.311 e. The van der Waals surface area contributed by atoms with Crippen molar-refractivity contribution in [3.8, 4) is 0 Å². The number of likely N-dealkylation sites (N-methyl/N-ethyl adjacent to an activating group) is 1. The maximum absolute atomic E-state index is 14.2. The van der Waals surface area contributed by atoms with Crippen molar-refractivity contribution < 1.29 is 58.4 Å². The summed E-state index contributed by atoms with van der Waals surface area (Å²) in [4.78, 5) is 16.1. The summed E-state index contributed by atoms with van der Waals surface area (Å²) in [7, 11) is 5.42. The number of nitrogens with one attached hydrogen (secondary N) is 1. The quantitative estimate of drug-likeness (QED) is 0.189. The van der Waals surface area contributed by atoms with Crippen LogP contribution in [0.2, 0.25) is 0 Å². The first-order chi connectivity index (χ1) is 24.0. The molecule has 4 heterocycles. The lowest BCUT2D eigenvalue weighted by Gasteiger charge is -2.49. The van der Waals surface area contributed by atoms with Gasteiger partial charge in [0.05, 0.1) is 42.5 Å². The number of methoxy groups -OCH3 is 1. The van der Waals surface area contributed by atoms with Crippen molar-refractivity contribution in [2.75, 3.05) is 34.4 Å². The van der Waals surface area contributed by atoms with Gasteiger partial charge in [0.1, 0.15) is 35.1 Å². The summed E-state index contributed by atoms with van der Waals surface area (Å²) in [6, 6.07) is -0.831. The first-order valence-electron chi connectivity index (χ1n) is 19.3. The number of esters is 1. The highest BCUT2D eigenvalue weighted by Crippen LogP contribution is 2.51. The molecule has 304 valence electrons. The first kappa shape index (κ1) is 43.7. The highest BCUT2D eigenvalue weighted by molar-refractivity contribution is 5.73. The zero-order valence-electron chi connectivity index (χ0n) is 33.8. The SMILES string of the molecule is CC[C@H]1OC(=O)C(C)C(OC2CC(C)(OC)C3(CO3)C(C)O2)C(C)C(OC2OC(C)CC(N(C)C)C2O)C(C)(O)CC(C)CNC(C)C(O)C1(C)O. The van der Waals surface area contributed by atoms with Crippen LogP contribution in [-0.2, 0) is 38.0 Å². The second-order valence-electron chi connectivity index (χ2n) is 17.3. The molecule has 14 heteroatoms. The summed E-state index contributed by atoms with van der Waals surface area (Å²) in [5.74, 6) is -2.48. The Balaban J connectivity index is 1.79. The number of rotatable bonds is 7. The van der Waals surface area contributed by atoms with Crippen LogP contribution in [0.4, 0.5) is 0 Å².